The summed E-state index contributed by atoms with van der Waals surface area (Å²) in [6.07, 6.45) is 1.55. The minimum atomic E-state index is -4.64. The van der Waals surface area contributed by atoms with Gasteiger partial charge in [0.25, 0.3) is 16.0 Å². The standard InChI is InChI=1S/C23H16N2O6S/c26-22-19(13-15-7-3-1-4-8-15)24-21(16-9-5-2-6-10-16)25(22)20-14-17(32(29,30)31)11-12-18(20)23(27)28/h1-14H,(H,27,28)(H,29,30,31). The van der Waals surface area contributed by atoms with E-state index in [1.807, 2.05) is 6.07 Å². The van der Waals surface area contributed by atoms with Crippen LogP contribution < -0.4 is 4.90 Å². The number of carbonyl (C=O) groups excluding carboxylic acids is 1. The highest BCUT2D eigenvalue weighted by Gasteiger charge is 2.35. The number of amides is 1. The summed E-state index contributed by atoms with van der Waals surface area (Å²) in [5.74, 6) is -1.88. The Morgan fingerprint density at radius 3 is 2.16 bits per heavy atom. The number of carboxylic acids is 1. The second-order valence-corrected chi connectivity index (χ2v) is 8.26. The van der Waals surface area contributed by atoms with E-state index in [0.29, 0.717) is 11.1 Å². The van der Waals surface area contributed by atoms with Gasteiger partial charge in [0.15, 0.2) is 0 Å². The molecule has 0 radical (unpaired) electrons. The van der Waals surface area contributed by atoms with Crippen molar-refractivity contribution in [3.05, 3.63) is 101 Å². The summed E-state index contributed by atoms with van der Waals surface area (Å²) < 4.78 is 32.8. The molecule has 1 aliphatic heterocycles. The number of aliphatic imine (C=N–C) groups is 1. The Bertz CT molecular complexity index is 1380. The van der Waals surface area contributed by atoms with Crippen LogP contribution in [0.4, 0.5) is 5.69 Å². The molecule has 0 aliphatic carbocycles. The Labute approximate surface area is 183 Å². The lowest BCUT2D eigenvalue weighted by molar-refractivity contribution is -0.113. The Kier molecular flexibility index (Phi) is 5.43. The third kappa shape index (κ3) is 4.07. The summed E-state index contributed by atoms with van der Waals surface area (Å²) in [7, 11) is -4.64. The van der Waals surface area contributed by atoms with Crippen molar-refractivity contribution >= 4 is 39.6 Å². The minimum Gasteiger partial charge on any atom is -0.478 e. The van der Waals surface area contributed by atoms with E-state index in [0.717, 1.165) is 23.1 Å². The van der Waals surface area contributed by atoms with E-state index in [1.165, 1.54) is 0 Å². The maximum Gasteiger partial charge on any atom is 0.337 e. The molecule has 0 spiro atoms. The van der Waals surface area contributed by atoms with Gasteiger partial charge >= 0.3 is 5.97 Å². The topological polar surface area (TPSA) is 124 Å². The number of hydrogen-bond donors (Lipinski definition) is 2. The fourth-order valence-electron chi connectivity index (χ4n) is 3.27. The summed E-state index contributed by atoms with van der Waals surface area (Å²) in [4.78, 5) is 30.2. The van der Waals surface area contributed by atoms with Gasteiger partial charge in [-0.1, -0.05) is 60.7 Å². The van der Waals surface area contributed by atoms with Crippen LogP contribution in [-0.4, -0.2) is 35.8 Å². The molecule has 9 heteroatoms. The molecule has 0 aromatic heterocycles. The lowest BCUT2D eigenvalue weighted by Gasteiger charge is -2.21. The molecule has 32 heavy (non-hydrogen) atoms. The first-order chi connectivity index (χ1) is 15.3. The van der Waals surface area contributed by atoms with E-state index >= 15 is 0 Å². The molecule has 8 nitrogen and oxygen atoms in total. The molecule has 3 aromatic rings. The predicted molar refractivity (Wildman–Crippen MR) is 118 cm³/mol. The lowest BCUT2D eigenvalue weighted by atomic mass is 10.1. The molecule has 0 saturated heterocycles. The summed E-state index contributed by atoms with van der Waals surface area (Å²) in [5.41, 5.74) is 0.723. The fraction of sp³-hybridized carbons (Fsp3) is 0. The van der Waals surface area contributed by atoms with Crippen LogP contribution in [0.2, 0.25) is 0 Å². The molecule has 160 valence electrons. The van der Waals surface area contributed by atoms with Crippen molar-refractivity contribution in [2.75, 3.05) is 4.90 Å². The Morgan fingerprint density at radius 2 is 1.56 bits per heavy atom. The third-order valence-corrected chi connectivity index (χ3v) is 5.58. The Hall–Kier alpha value is -4.08. The summed E-state index contributed by atoms with van der Waals surface area (Å²) in [5, 5.41) is 9.66. The number of benzene rings is 3. The van der Waals surface area contributed by atoms with Gasteiger partial charge in [0.2, 0.25) is 0 Å². The molecule has 0 fully saturated rings. The number of amidine groups is 1. The highest BCUT2D eigenvalue weighted by Crippen LogP contribution is 2.32. The molecule has 0 unspecified atom stereocenters. The largest absolute Gasteiger partial charge is 0.478 e. The van der Waals surface area contributed by atoms with Gasteiger partial charge in [0.1, 0.15) is 11.5 Å². The van der Waals surface area contributed by atoms with Gasteiger partial charge in [-0.2, -0.15) is 8.42 Å². The van der Waals surface area contributed by atoms with Crippen LogP contribution in [0.3, 0.4) is 0 Å². The molecule has 4 rings (SSSR count). The first-order valence-electron chi connectivity index (χ1n) is 9.36. The smallest absolute Gasteiger partial charge is 0.337 e. The molecule has 0 bridgehead atoms. The molecule has 1 heterocycles. The van der Waals surface area contributed by atoms with Crippen LogP contribution >= 0.6 is 0 Å². The van der Waals surface area contributed by atoms with Crippen molar-refractivity contribution in [2.45, 2.75) is 4.90 Å². The number of hydrogen-bond acceptors (Lipinski definition) is 5. The SMILES string of the molecule is O=C(O)c1ccc(S(=O)(=O)O)cc1N1C(=O)C(=Cc2ccccc2)N=C1c1ccccc1. The monoisotopic (exact) mass is 448 g/mol. The van der Waals surface area contributed by atoms with Gasteiger partial charge < -0.3 is 5.11 Å². The van der Waals surface area contributed by atoms with E-state index in [9.17, 15) is 27.7 Å². The molecule has 0 atom stereocenters. The van der Waals surface area contributed by atoms with Gasteiger partial charge in [-0.15, -0.1) is 0 Å². The zero-order chi connectivity index (χ0) is 22.9. The van der Waals surface area contributed by atoms with Crippen LogP contribution in [-0.2, 0) is 14.9 Å². The number of rotatable bonds is 5. The van der Waals surface area contributed by atoms with Crippen molar-refractivity contribution in [3.8, 4) is 0 Å². The average Bonchev–Trinajstić information content (AvgIpc) is 3.10. The van der Waals surface area contributed by atoms with Crippen LogP contribution in [0, 0.1) is 0 Å². The molecule has 1 aliphatic rings. The highest BCUT2D eigenvalue weighted by molar-refractivity contribution is 7.85. The summed E-state index contributed by atoms with van der Waals surface area (Å²) in [6, 6.07) is 20.5. The van der Waals surface area contributed by atoms with Crippen molar-refractivity contribution in [2.24, 2.45) is 4.99 Å². The normalized spacial score (nSPS) is 15.2. The van der Waals surface area contributed by atoms with Crippen LogP contribution in [0.1, 0.15) is 21.5 Å². The zero-order valence-corrected chi connectivity index (χ0v) is 17.2. The maximum absolute atomic E-state index is 13.4. The first-order valence-corrected chi connectivity index (χ1v) is 10.8. The Balaban J connectivity index is 1.95. The summed E-state index contributed by atoms with van der Waals surface area (Å²) >= 11 is 0. The number of nitrogens with zero attached hydrogens (tertiary/aromatic N) is 2. The first kappa shape index (κ1) is 21.2. The molecular formula is C23H16N2O6S. The predicted octanol–water partition coefficient (Wildman–Crippen LogP) is 3.47. The van der Waals surface area contributed by atoms with E-state index in [-0.39, 0.29) is 22.8 Å². The van der Waals surface area contributed by atoms with Crippen LogP contribution in [0.15, 0.2) is 94.4 Å². The molecule has 2 N–H and O–H groups in total. The van der Waals surface area contributed by atoms with Gasteiger partial charge in [0.05, 0.1) is 16.1 Å². The van der Waals surface area contributed by atoms with E-state index in [1.54, 1.807) is 60.7 Å². The second kappa shape index (κ2) is 8.22. The molecule has 1 amide bonds. The van der Waals surface area contributed by atoms with Gasteiger partial charge in [0, 0.05) is 5.56 Å². The second-order valence-electron chi connectivity index (χ2n) is 6.84. The number of anilines is 1. The minimum absolute atomic E-state index is 0.0450. The number of carboxylic acid groups (broad SMARTS) is 1. The third-order valence-electron chi connectivity index (χ3n) is 4.73. The average molecular weight is 448 g/mol. The van der Waals surface area contributed by atoms with Crippen molar-refractivity contribution in [1.82, 2.24) is 0 Å². The van der Waals surface area contributed by atoms with Crippen molar-refractivity contribution < 1.29 is 27.7 Å². The highest BCUT2D eigenvalue weighted by atomic mass is 32.2. The lowest BCUT2D eigenvalue weighted by Crippen LogP contribution is -2.34. The Morgan fingerprint density at radius 1 is 0.938 bits per heavy atom. The van der Waals surface area contributed by atoms with Crippen molar-refractivity contribution in [3.63, 3.8) is 0 Å². The van der Waals surface area contributed by atoms with Crippen LogP contribution in [0.5, 0.6) is 0 Å². The van der Waals surface area contributed by atoms with Crippen molar-refractivity contribution in [1.29, 1.82) is 0 Å². The molecular weight excluding hydrogens is 432 g/mol. The molecule has 3 aromatic carbocycles. The molecule has 0 saturated carbocycles. The quantitative estimate of drug-likeness (QED) is 0.455. The van der Waals surface area contributed by atoms with Gasteiger partial charge in [-0.3, -0.25) is 14.2 Å². The van der Waals surface area contributed by atoms with Gasteiger partial charge in [-0.05, 0) is 29.8 Å². The maximum atomic E-state index is 13.4. The number of carbonyl (C=O) groups is 2. The number of aromatic carboxylic acids is 1. The van der Waals surface area contributed by atoms with E-state index in [2.05, 4.69) is 4.99 Å². The van der Waals surface area contributed by atoms with Crippen LogP contribution in [0.25, 0.3) is 6.08 Å². The fourth-order valence-corrected chi connectivity index (χ4v) is 3.77. The zero-order valence-electron chi connectivity index (χ0n) is 16.4. The van der Waals surface area contributed by atoms with E-state index < -0.39 is 26.9 Å². The summed E-state index contributed by atoms with van der Waals surface area (Å²) in [6.45, 7) is 0. The van der Waals surface area contributed by atoms with Gasteiger partial charge in [-0.25, -0.2) is 9.79 Å². The van der Waals surface area contributed by atoms with E-state index in [4.69, 9.17) is 0 Å².